The maximum absolute atomic E-state index is 9.99. The highest BCUT2D eigenvalue weighted by Crippen LogP contribution is 2.26. The van der Waals surface area contributed by atoms with Crippen molar-refractivity contribution in [1.29, 1.82) is 0 Å². The van der Waals surface area contributed by atoms with Crippen LogP contribution in [0.25, 0.3) is 0 Å². The molecule has 8 nitrogen and oxygen atoms in total. The van der Waals surface area contributed by atoms with Gasteiger partial charge in [-0.2, -0.15) is 0 Å². The largest absolute Gasteiger partial charge is 0.394 e. The Hall–Kier alpha value is -0.320. The third kappa shape index (κ3) is 4.84. The lowest BCUT2D eigenvalue weighted by Crippen LogP contribution is -2.59. The Labute approximate surface area is 129 Å². The second kappa shape index (κ2) is 7.98. The van der Waals surface area contributed by atoms with Crippen LogP contribution in [0.3, 0.4) is 0 Å². The van der Waals surface area contributed by atoms with Gasteiger partial charge < -0.3 is 40.1 Å². The Morgan fingerprint density at radius 2 is 1.73 bits per heavy atom. The molecule has 8 heteroatoms. The molecule has 132 valence electrons. The molecule has 1 heterocycles. The lowest BCUT2D eigenvalue weighted by Gasteiger charge is -2.40. The van der Waals surface area contributed by atoms with Crippen molar-refractivity contribution in [2.75, 3.05) is 13.2 Å². The van der Waals surface area contributed by atoms with Crippen LogP contribution in [0.5, 0.6) is 0 Å². The summed E-state index contributed by atoms with van der Waals surface area (Å²) >= 11 is 0. The van der Waals surface area contributed by atoms with Gasteiger partial charge >= 0.3 is 0 Å². The SMILES string of the molecule is C[C@H](O)[C@H](CCO[C@@H]1O[C@H](CO)[C@@H](O)[C@H](O)[C@H]1O)C(C)(C)O. The predicted molar refractivity (Wildman–Crippen MR) is 75.8 cm³/mol. The van der Waals surface area contributed by atoms with E-state index >= 15 is 0 Å². The number of hydrogen-bond donors (Lipinski definition) is 6. The molecule has 0 radical (unpaired) electrons. The lowest BCUT2D eigenvalue weighted by molar-refractivity contribution is -0.302. The van der Waals surface area contributed by atoms with Gasteiger partial charge in [0.15, 0.2) is 6.29 Å². The maximum Gasteiger partial charge on any atom is 0.186 e. The lowest BCUT2D eigenvalue weighted by atomic mass is 9.84. The monoisotopic (exact) mass is 324 g/mol. The van der Waals surface area contributed by atoms with Crippen molar-refractivity contribution in [2.45, 2.75) is 69.6 Å². The average molecular weight is 324 g/mol. The molecule has 6 N–H and O–H groups in total. The molecular weight excluding hydrogens is 296 g/mol. The van der Waals surface area contributed by atoms with E-state index in [2.05, 4.69) is 0 Å². The van der Waals surface area contributed by atoms with Crippen LogP contribution in [0.2, 0.25) is 0 Å². The summed E-state index contributed by atoms with van der Waals surface area (Å²) in [7, 11) is 0. The van der Waals surface area contributed by atoms with E-state index < -0.39 is 54.9 Å². The van der Waals surface area contributed by atoms with Crippen molar-refractivity contribution >= 4 is 0 Å². The fourth-order valence-electron chi connectivity index (χ4n) is 2.70. The zero-order valence-electron chi connectivity index (χ0n) is 13.2. The Kier molecular flexibility index (Phi) is 7.16. The van der Waals surface area contributed by atoms with Gasteiger partial charge in [0.2, 0.25) is 0 Å². The molecule has 0 aromatic heterocycles. The van der Waals surface area contributed by atoms with Crippen LogP contribution in [0.4, 0.5) is 0 Å². The highest BCUT2D eigenvalue weighted by atomic mass is 16.7. The van der Waals surface area contributed by atoms with Crippen LogP contribution in [-0.2, 0) is 9.47 Å². The van der Waals surface area contributed by atoms with Gasteiger partial charge in [0.25, 0.3) is 0 Å². The van der Waals surface area contributed by atoms with E-state index in [1.165, 1.54) is 0 Å². The topological polar surface area (TPSA) is 140 Å². The van der Waals surface area contributed by atoms with Crippen LogP contribution in [0.1, 0.15) is 27.2 Å². The van der Waals surface area contributed by atoms with E-state index in [-0.39, 0.29) is 6.61 Å². The van der Waals surface area contributed by atoms with Crippen molar-refractivity contribution in [3.05, 3.63) is 0 Å². The van der Waals surface area contributed by atoms with Gasteiger partial charge in [0.05, 0.1) is 24.9 Å². The smallest absolute Gasteiger partial charge is 0.186 e. The zero-order chi connectivity index (χ0) is 17.1. The molecule has 0 saturated carbocycles. The molecule has 1 fully saturated rings. The summed E-state index contributed by atoms with van der Waals surface area (Å²) in [6, 6.07) is 0. The summed E-state index contributed by atoms with van der Waals surface area (Å²) in [5, 5.41) is 57.9. The molecule has 0 unspecified atom stereocenters. The van der Waals surface area contributed by atoms with E-state index in [4.69, 9.17) is 14.6 Å². The van der Waals surface area contributed by atoms with Crippen molar-refractivity contribution in [1.82, 2.24) is 0 Å². The second-order valence-electron chi connectivity index (χ2n) is 6.36. The van der Waals surface area contributed by atoms with Crippen LogP contribution in [0.15, 0.2) is 0 Å². The van der Waals surface area contributed by atoms with Crippen molar-refractivity contribution in [3.8, 4) is 0 Å². The normalized spacial score (nSPS) is 36.1. The molecule has 0 aliphatic carbocycles. The first-order valence-corrected chi connectivity index (χ1v) is 7.42. The summed E-state index contributed by atoms with van der Waals surface area (Å²) < 4.78 is 10.5. The highest BCUT2D eigenvalue weighted by Gasteiger charge is 2.44. The van der Waals surface area contributed by atoms with Gasteiger partial charge in [-0.25, -0.2) is 0 Å². The first kappa shape index (κ1) is 19.7. The van der Waals surface area contributed by atoms with Crippen LogP contribution in [0, 0.1) is 5.92 Å². The first-order valence-electron chi connectivity index (χ1n) is 7.42. The van der Waals surface area contributed by atoms with E-state index in [1.54, 1.807) is 20.8 Å². The summed E-state index contributed by atoms with van der Waals surface area (Å²) in [6.07, 6.45) is -7.05. The highest BCUT2D eigenvalue weighted by molar-refractivity contribution is 4.89. The molecule has 1 rings (SSSR count). The van der Waals surface area contributed by atoms with Gasteiger partial charge in [-0.15, -0.1) is 0 Å². The quantitative estimate of drug-likeness (QED) is 0.315. The molecule has 1 aliphatic heterocycles. The van der Waals surface area contributed by atoms with E-state index in [0.29, 0.717) is 6.42 Å². The Balaban J connectivity index is 2.56. The van der Waals surface area contributed by atoms with Gasteiger partial charge in [0.1, 0.15) is 24.4 Å². The fraction of sp³-hybridized carbons (Fsp3) is 1.00. The Morgan fingerprint density at radius 1 is 1.14 bits per heavy atom. The molecule has 0 aromatic rings. The molecule has 22 heavy (non-hydrogen) atoms. The zero-order valence-corrected chi connectivity index (χ0v) is 13.2. The van der Waals surface area contributed by atoms with Gasteiger partial charge in [-0.3, -0.25) is 0 Å². The van der Waals surface area contributed by atoms with Crippen molar-refractivity contribution in [3.63, 3.8) is 0 Å². The molecule has 0 amide bonds. The Bertz CT molecular complexity index is 327. The number of hydrogen-bond acceptors (Lipinski definition) is 8. The van der Waals surface area contributed by atoms with Crippen molar-refractivity contribution in [2.24, 2.45) is 5.92 Å². The fourth-order valence-corrected chi connectivity index (χ4v) is 2.70. The first-order chi connectivity index (χ1) is 10.1. The summed E-state index contributed by atoms with van der Waals surface area (Å²) in [5.74, 6) is -0.447. The number of aliphatic hydroxyl groups is 6. The van der Waals surface area contributed by atoms with Crippen LogP contribution < -0.4 is 0 Å². The van der Waals surface area contributed by atoms with Crippen LogP contribution in [-0.4, -0.2) is 86.3 Å². The molecule has 0 spiro atoms. The van der Waals surface area contributed by atoms with Crippen molar-refractivity contribution < 1.29 is 40.1 Å². The minimum Gasteiger partial charge on any atom is -0.394 e. The molecule has 7 atom stereocenters. The predicted octanol–water partition coefficient (Wildman–Crippen LogP) is -2.04. The summed E-state index contributed by atoms with van der Waals surface area (Å²) in [6.45, 7) is 4.26. The minimum atomic E-state index is -1.49. The van der Waals surface area contributed by atoms with Gasteiger partial charge in [0, 0.05) is 5.92 Å². The number of aliphatic hydroxyl groups excluding tert-OH is 5. The van der Waals surface area contributed by atoms with Gasteiger partial charge in [-0.1, -0.05) is 0 Å². The molecular formula is C14H28O8. The average Bonchev–Trinajstić information content (AvgIpc) is 2.41. The summed E-state index contributed by atoms with van der Waals surface area (Å²) in [5.41, 5.74) is -1.10. The number of ether oxygens (including phenoxy) is 2. The third-order valence-corrected chi connectivity index (χ3v) is 4.05. The van der Waals surface area contributed by atoms with E-state index in [1.807, 2.05) is 0 Å². The minimum absolute atomic E-state index is 0.0578. The molecule has 1 saturated heterocycles. The molecule has 0 bridgehead atoms. The van der Waals surface area contributed by atoms with E-state index in [9.17, 15) is 25.5 Å². The molecule has 0 aromatic carbocycles. The van der Waals surface area contributed by atoms with Gasteiger partial charge in [-0.05, 0) is 27.2 Å². The maximum atomic E-state index is 9.99. The molecule has 1 aliphatic rings. The van der Waals surface area contributed by atoms with Crippen LogP contribution >= 0.6 is 0 Å². The summed E-state index contributed by atoms with van der Waals surface area (Å²) in [4.78, 5) is 0. The Morgan fingerprint density at radius 3 is 2.18 bits per heavy atom. The standard InChI is InChI=1S/C14H28O8/c1-7(16)8(14(2,3)20)4-5-21-13-12(19)11(18)10(17)9(6-15)22-13/h7-13,15-20H,4-6H2,1-3H3/t7-,8-,9+,10+,11-,12+,13+/m0/s1. The second-order valence-corrected chi connectivity index (χ2v) is 6.36. The number of rotatable bonds is 7. The van der Waals surface area contributed by atoms with E-state index in [0.717, 1.165) is 0 Å². The third-order valence-electron chi connectivity index (χ3n) is 4.05.